The minimum absolute atomic E-state index is 0.0536. The number of carbonyl (C=O) groups is 2. The molecule has 3 aromatic rings. The Morgan fingerprint density at radius 1 is 1.19 bits per heavy atom. The molecule has 1 N–H and O–H groups in total. The van der Waals surface area contributed by atoms with Crippen molar-refractivity contribution >= 4 is 11.8 Å². The fourth-order valence-corrected chi connectivity index (χ4v) is 4.81. The third-order valence-corrected chi connectivity index (χ3v) is 6.78. The van der Waals surface area contributed by atoms with Gasteiger partial charge in [0.2, 0.25) is 17.7 Å². The number of nitrogens with one attached hydrogen (secondary N) is 1. The summed E-state index contributed by atoms with van der Waals surface area (Å²) in [5.74, 6) is 0.959. The average Bonchev–Trinajstić information content (AvgIpc) is 3.37. The van der Waals surface area contributed by atoms with E-state index in [2.05, 4.69) is 17.2 Å². The topological polar surface area (TPSA) is 84.7 Å². The van der Waals surface area contributed by atoms with E-state index in [1.807, 2.05) is 60.4 Å². The van der Waals surface area contributed by atoms with E-state index >= 15 is 0 Å². The zero-order chi connectivity index (χ0) is 25.5. The second kappa shape index (κ2) is 11.9. The van der Waals surface area contributed by atoms with Gasteiger partial charge in [-0.2, -0.15) is 0 Å². The molecule has 2 atom stereocenters. The predicted molar refractivity (Wildman–Crippen MR) is 138 cm³/mol. The molecule has 1 aromatic heterocycles. The molecule has 7 heteroatoms. The SMILES string of the molecule is CCCCN1C(=O)CC[C@@H](C(=O)NCCc2coc(-c3ccc(C)cc3)n2)[C@@H]1c1ccccc1OC. The maximum Gasteiger partial charge on any atom is 0.226 e. The van der Waals surface area contributed by atoms with Crippen molar-refractivity contribution in [2.24, 2.45) is 5.92 Å². The van der Waals surface area contributed by atoms with E-state index in [9.17, 15) is 9.59 Å². The molecule has 0 unspecified atom stereocenters. The molecular formula is C29H35N3O4. The fraction of sp³-hybridized carbons (Fsp3) is 0.414. The van der Waals surface area contributed by atoms with Crippen LogP contribution in [0.15, 0.2) is 59.2 Å². The highest BCUT2D eigenvalue weighted by molar-refractivity contribution is 5.85. The van der Waals surface area contributed by atoms with Crippen LogP contribution in [0.3, 0.4) is 0 Å². The third kappa shape index (κ3) is 5.78. The lowest BCUT2D eigenvalue weighted by Gasteiger charge is -2.41. The zero-order valence-corrected chi connectivity index (χ0v) is 21.3. The van der Waals surface area contributed by atoms with Crippen molar-refractivity contribution in [2.75, 3.05) is 20.2 Å². The van der Waals surface area contributed by atoms with Crippen LogP contribution in [-0.4, -0.2) is 41.9 Å². The number of rotatable bonds is 10. The molecule has 1 fully saturated rings. The lowest BCUT2D eigenvalue weighted by Crippen LogP contribution is -2.48. The minimum atomic E-state index is -0.353. The average molecular weight is 490 g/mol. The van der Waals surface area contributed by atoms with Gasteiger partial charge in [0.15, 0.2) is 0 Å². The first-order valence-electron chi connectivity index (χ1n) is 12.7. The van der Waals surface area contributed by atoms with E-state index in [-0.39, 0.29) is 23.8 Å². The number of oxazole rings is 1. The van der Waals surface area contributed by atoms with Gasteiger partial charge in [-0.25, -0.2) is 4.98 Å². The quantitative estimate of drug-likeness (QED) is 0.428. The number of aromatic nitrogens is 1. The van der Waals surface area contributed by atoms with Gasteiger partial charge in [0.1, 0.15) is 12.0 Å². The number of para-hydroxylation sites is 1. The van der Waals surface area contributed by atoms with Gasteiger partial charge in [-0.1, -0.05) is 49.2 Å². The molecule has 0 aliphatic carbocycles. The molecule has 0 radical (unpaired) electrons. The molecule has 2 aromatic carbocycles. The van der Waals surface area contributed by atoms with E-state index < -0.39 is 0 Å². The van der Waals surface area contributed by atoms with E-state index in [0.717, 1.165) is 29.7 Å². The summed E-state index contributed by atoms with van der Waals surface area (Å²) >= 11 is 0. The summed E-state index contributed by atoms with van der Waals surface area (Å²) < 4.78 is 11.3. The number of unbranched alkanes of at least 4 members (excludes halogenated alkanes) is 1. The Morgan fingerprint density at radius 2 is 1.97 bits per heavy atom. The monoisotopic (exact) mass is 489 g/mol. The molecule has 190 valence electrons. The van der Waals surface area contributed by atoms with Crippen LogP contribution < -0.4 is 10.1 Å². The number of piperidine rings is 1. The van der Waals surface area contributed by atoms with Gasteiger partial charge < -0.3 is 19.4 Å². The Balaban J connectivity index is 1.46. The molecule has 0 spiro atoms. The van der Waals surface area contributed by atoms with Gasteiger partial charge in [0.25, 0.3) is 0 Å². The Bertz CT molecular complexity index is 1170. The van der Waals surface area contributed by atoms with Gasteiger partial charge in [-0.15, -0.1) is 0 Å². The van der Waals surface area contributed by atoms with Crippen LogP contribution in [0.1, 0.15) is 55.5 Å². The molecular weight excluding hydrogens is 454 g/mol. The van der Waals surface area contributed by atoms with Crippen molar-refractivity contribution in [1.82, 2.24) is 15.2 Å². The van der Waals surface area contributed by atoms with Gasteiger partial charge in [0.05, 0.1) is 24.8 Å². The molecule has 2 heterocycles. The molecule has 0 saturated carbocycles. The molecule has 0 bridgehead atoms. The summed E-state index contributed by atoms with van der Waals surface area (Å²) in [6.07, 6.45) is 4.95. The van der Waals surface area contributed by atoms with Crippen LogP contribution in [0.4, 0.5) is 0 Å². The number of ether oxygens (including phenoxy) is 1. The molecule has 36 heavy (non-hydrogen) atoms. The molecule has 1 aliphatic heterocycles. The summed E-state index contributed by atoms with van der Waals surface area (Å²) in [6.45, 7) is 5.21. The largest absolute Gasteiger partial charge is 0.496 e. The van der Waals surface area contributed by atoms with Crippen molar-refractivity contribution < 1.29 is 18.7 Å². The Labute approximate surface area is 212 Å². The van der Waals surface area contributed by atoms with Gasteiger partial charge in [-0.3, -0.25) is 9.59 Å². The van der Waals surface area contributed by atoms with Crippen molar-refractivity contribution in [3.63, 3.8) is 0 Å². The number of methoxy groups -OCH3 is 1. The third-order valence-electron chi connectivity index (χ3n) is 6.78. The van der Waals surface area contributed by atoms with Crippen LogP contribution >= 0.6 is 0 Å². The van der Waals surface area contributed by atoms with Crippen LogP contribution in [0.2, 0.25) is 0 Å². The van der Waals surface area contributed by atoms with Crippen molar-refractivity contribution in [2.45, 2.75) is 52.0 Å². The number of hydrogen-bond acceptors (Lipinski definition) is 5. The van der Waals surface area contributed by atoms with Gasteiger partial charge in [0, 0.05) is 37.1 Å². The maximum absolute atomic E-state index is 13.4. The van der Waals surface area contributed by atoms with E-state index in [0.29, 0.717) is 44.0 Å². The summed E-state index contributed by atoms with van der Waals surface area (Å²) in [6, 6.07) is 15.3. The second-order valence-electron chi connectivity index (χ2n) is 9.32. The van der Waals surface area contributed by atoms with Gasteiger partial charge in [-0.05, 0) is 38.0 Å². The summed E-state index contributed by atoms with van der Waals surface area (Å²) in [4.78, 5) is 32.8. The number of likely N-dealkylation sites (tertiary alicyclic amines) is 1. The standard InChI is InChI=1S/C29H35N3O4/c1-4-5-18-32-26(33)15-14-24(27(32)23-8-6-7-9-25(23)35-3)28(34)30-17-16-22-19-36-29(31-22)21-12-10-20(2)11-13-21/h6-13,19,24,27H,4-5,14-18H2,1-3H3,(H,30,34)/t24-,27+/m1/s1. The Hall–Kier alpha value is -3.61. The van der Waals surface area contributed by atoms with Crippen molar-refractivity contribution in [1.29, 1.82) is 0 Å². The van der Waals surface area contributed by atoms with Crippen molar-refractivity contribution in [3.8, 4) is 17.2 Å². The second-order valence-corrected chi connectivity index (χ2v) is 9.32. The van der Waals surface area contributed by atoms with Crippen LogP contribution in [0, 0.1) is 12.8 Å². The first-order valence-corrected chi connectivity index (χ1v) is 12.7. The number of benzene rings is 2. The zero-order valence-electron chi connectivity index (χ0n) is 21.3. The first kappa shape index (κ1) is 25.5. The summed E-state index contributed by atoms with van der Waals surface area (Å²) in [5.41, 5.74) is 3.77. The van der Waals surface area contributed by atoms with E-state index in [1.54, 1.807) is 13.4 Å². The molecule has 7 nitrogen and oxygen atoms in total. The molecule has 2 amide bonds. The molecule has 1 aliphatic rings. The molecule has 4 rings (SSSR count). The smallest absolute Gasteiger partial charge is 0.226 e. The predicted octanol–water partition coefficient (Wildman–Crippen LogP) is 5.10. The number of nitrogens with zero attached hydrogens (tertiary/aromatic N) is 2. The number of amides is 2. The van der Waals surface area contributed by atoms with Crippen LogP contribution in [0.5, 0.6) is 5.75 Å². The Kier molecular flexibility index (Phi) is 8.41. The van der Waals surface area contributed by atoms with Gasteiger partial charge >= 0.3 is 0 Å². The van der Waals surface area contributed by atoms with Crippen LogP contribution in [-0.2, 0) is 16.0 Å². The Morgan fingerprint density at radius 3 is 2.72 bits per heavy atom. The number of aryl methyl sites for hydroxylation is 1. The molecule has 1 saturated heterocycles. The summed E-state index contributed by atoms with van der Waals surface area (Å²) in [7, 11) is 1.62. The number of carbonyl (C=O) groups excluding carboxylic acids is 2. The lowest BCUT2D eigenvalue weighted by atomic mass is 9.83. The summed E-state index contributed by atoms with van der Waals surface area (Å²) in [5, 5.41) is 3.09. The first-order chi connectivity index (χ1) is 17.5. The normalized spacial score (nSPS) is 17.8. The van der Waals surface area contributed by atoms with Crippen LogP contribution in [0.25, 0.3) is 11.5 Å². The maximum atomic E-state index is 13.4. The highest BCUT2D eigenvalue weighted by Crippen LogP contribution is 2.40. The van der Waals surface area contributed by atoms with Crippen molar-refractivity contribution in [3.05, 3.63) is 71.6 Å². The highest BCUT2D eigenvalue weighted by Gasteiger charge is 2.41. The number of hydrogen-bond donors (Lipinski definition) is 1. The minimum Gasteiger partial charge on any atom is -0.496 e. The van der Waals surface area contributed by atoms with E-state index in [1.165, 1.54) is 5.56 Å². The highest BCUT2D eigenvalue weighted by atomic mass is 16.5. The fourth-order valence-electron chi connectivity index (χ4n) is 4.81. The lowest BCUT2D eigenvalue weighted by molar-refractivity contribution is -0.143. The van der Waals surface area contributed by atoms with E-state index in [4.69, 9.17) is 9.15 Å².